The minimum atomic E-state index is 0. The van der Waals surface area contributed by atoms with Crippen molar-refractivity contribution in [1.82, 2.24) is 15.5 Å². The van der Waals surface area contributed by atoms with Crippen LogP contribution >= 0.6 is 24.0 Å². The number of ether oxygens (including phenoxy) is 1. The topological polar surface area (TPSA) is 62.0 Å². The third-order valence-electron chi connectivity index (χ3n) is 7.80. The Morgan fingerprint density at radius 2 is 2.10 bits per heavy atom. The Morgan fingerprint density at radius 1 is 1.27 bits per heavy atom. The molecule has 0 bridgehead atoms. The highest BCUT2D eigenvalue weighted by atomic mass is 127. The van der Waals surface area contributed by atoms with Gasteiger partial charge in [0.25, 0.3) is 0 Å². The first kappa shape index (κ1) is 22.4. The van der Waals surface area contributed by atoms with Gasteiger partial charge in [-0.3, -0.25) is 9.89 Å². The van der Waals surface area contributed by atoms with Gasteiger partial charge in [-0.15, -0.1) is 24.0 Å². The van der Waals surface area contributed by atoms with Crippen LogP contribution in [0.5, 0.6) is 0 Å². The molecular formula is C23H37IN4O2. The van der Waals surface area contributed by atoms with E-state index in [4.69, 9.17) is 14.1 Å². The molecule has 0 amide bonds. The van der Waals surface area contributed by atoms with Crippen LogP contribution in [-0.2, 0) is 4.74 Å². The first-order valence-corrected chi connectivity index (χ1v) is 11.8. The molecule has 6 nitrogen and oxygen atoms in total. The van der Waals surface area contributed by atoms with Gasteiger partial charge in [-0.2, -0.15) is 0 Å². The number of furan rings is 1. The van der Waals surface area contributed by atoms with E-state index in [0.717, 1.165) is 44.5 Å². The van der Waals surface area contributed by atoms with Gasteiger partial charge in [0, 0.05) is 30.5 Å². The summed E-state index contributed by atoms with van der Waals surface area (Å²) in [5, 5.41) is 7.33. The van der Waals surface area contributed by atoms with Crippen LogP contribution in [0.1, 0.15) is 63.7 Å². The highest BCUT2D eigenvalue weighted by molar-refractivity contribution is 14.0. The Labute approximate surface area is 197 Å². The third kappa shape index (κ3) is 4.01. The molecular weight excluding hydrogens is 491 g/mol. The van der Waals surface area contributed by atoms with E-state index in [9.17, 15) is 0 Å². The van der Waals surface area contributed by atoms with E-state index in [1.165, 1.54) is 44.9 Å². The minimum absolute atomic E-state index is 0. The number of fused-ring (bicyclic) bond motifs is 2. The minimum Gasteiger partial charge on any atom is -0.468 e. The molecule has 1 aromatic rings. The maximum atomic E-state index is 6.09. The van der Waals surface area contributed by atoms with Crippen molar-refractivity contribution in [2.45, 2.75) is 70.1 Å². The molecule has 1 spiro atoms. The van der Waals surface area contributed by atoms with Gasteiger partial charge in [0.05, 0.1) is 25.0 Å². The van der Waals surface area contributed by atoms with Crippen LogP contribution in [0.25, 0.3) is 0 Å². The first-order chi connectivity index (χ1) is 14.3. The van der Waals surface area contributed by atoms with E-state index in [-0.39, 0.29) is 30.0 Å². The van der Waals surface area contributed by atoms with Crippen LogP contribution in [0.4, 0.5) is 0 Å². The Morgan fingerprint density at radius 3 is 2.77 bits per heavy atom. The molecule has 4 unspecified atom stereocenters. The Balaban J connectivity index is 0.00000218. The molecule has 2 aliphatic carbocycles. The van der Waals surface area contributed by atoms with E-state index in [1.807, 2.05) is 6.07 Å². The number of nitrogens with one attached hydrogen (secondary N) is 2. The monoisotopic (exact) mass is 528 g/mol. The number of hydrogen-bond donors (Lipinski definition) is 2. The lowest BCUT2D eigenvalue weighted by atomic mass is 9.46. The van der Waals surface area contributed by atoms with Crippen molar-refractivity contribution in [2.24, 2.45) is 16.3 Å². The van der Waals surface area contributed by atoms with Crippen molar-refractivity contribution < 1.29 is 9.15 Å². The fourth-order valence-electron chi connectivity index (χ4n) is 6.20. The lowest BCUT2D eigenvalue weighted by Crippen LogP contribution is -2.72. The summed E-state index contributed by atoms with van der Waals surface area (Å²) in [6.45, 7) is 6.96. The van der Waals surface area contributed by atoms with Crippen molar-refractivity contribution in [3.05, 3.63) is 24.2 Å². The number of halogens is 1. The maximum Gasteiger partial charge on any atom is 0.191 e. The van der Waals surface area contributed by atoms with E-state index < -0.39 is 0 Å². The highest BCUT2D eigenvalue weighted by Gasteiger charge is 2.66. The van der Waals surface area contributed by atoms with Gasteiger partial charge in [-0.05, 0) is 64.3 Å². The van der Waals surface area contributed by atoms with Crippen LogP contribution in [0.2, 0.25) is 0 Å². The summed E-state index contributed by atoms with van der Waals surface area (Å²) in [6, 6.07) is 4.83. The van der Waals surface area contributed by atoms with Crippen LogP contribution in [-0.4, -0.2) is 55.8 Å². The Bertz CT molecular complexity index is 700. The average Bonchev–Trinajstić information content (AvgIpc) is 3.37. The SMILES string of the molecule is CCNC(=NCC(c1ccco1)N1CCCCC1)NC1C2CCOC2C12CCC2.I. The fraction of sp³-hybridized carbons (Fsp3) is 0.783. The number of piperidine rings is 1. The van der Waals surface area contributed by atoms with Gasteiger partial charge < -0.3 is 19.8 Å². The zero-order valence-electron chi connectivity index (χ0n) is 18.1. The van der Waals surface area contributed by atoms with Crippen molar-refractivity contribution in [1.29, 1.82) is 0 Å². The molecule has 4 atom stereocenters. The van der Waals surface area contributed by atoms with Crippen LogP contribution in [0, 0.1) is 11.3 Å². The molecule has 3 heterocycles. The Kier molecular flexibility index (Phi) is 7.30. The molecule has 30 heavy (non-hydrogen) atoms. The van der Waals surface area contributed by atoms with Crippen LogP contribution in [0.3, 0.4) is 0 Å². The highest BCUT2D eigenvalue weighted by Crippen LogP contribution is 2.62. The van der Waals surface area contributed by atoms with Gasteiger partial charge in [0.2, 0.25) is 0 Å². The summed E-state index contributed by atoms with van der Waals surface area (Å²) in [5.41, 5.74) is 0.366. The van der Waals surface area contributed by atoms with Gasteiger partial charge in [0.1, 0.15) is 5.76 Å². The molecule has 2 saturated heterocycles. The summed E-state index contributed by atoms with van der Waals surface area (Å²) >= 11 is 0. The molecule has 2 N–H and O–H groups in total. The number of likely N-dealkylation sites (tertiary alicyclic amines) is 1. The molecule has 5 rings (SSSR count). The van der Waals surface area contributed by atoms with Gasteiger partial charge in [-0.1, -0.05) is 12.8 Å². The number of guanidine groups is 1. The lowest BCUT2D eigenvalue weighted by molar-refractivity contribution is -0.171. The van der Waals surface area contributed by atoms with E-state index in [0.29, 0.717) is 23.5 Å². The summed E-state index contributed by atoms with van der Waals surface area (Å²) in [5.74, 6) is 2.65. The normalized spacial score (nSPS) is 31.2. The maximum absolute atomic E-state index is 6.09. The van der Waals surface area contributed by atoms with Gasteiger partial charge >= 0.3 is 0 Å². The molecule has 4 fully saturated rings. The van der Waals surface area contributed by atoms with E-state index in [1.54, 1.807) is 6.26 Å². The molecule has 0 radical (unpaired) electrons. The molecule has 0 aromatic carbocycles. The molecule has 7 heteroatoms. The van der Waals surface area contributed by atoms with Crippen LogP contribution < -0.4 is 10.6 Å². The molecule has 2 aliphatic heterocycles. The van der Waals surface area contributed by atoms with Crippen molar-refractivity contribution >= 4 is 29.9 Å². The zero-order valence-corrected chi connectivity index (χ0v) is 20.5. The predicted octanol–water partition coefficient (Wildman–Crippen LogP) is 3.94. The lowest BCUT2D eigenvalue weighted by Gasteiger charge is -2.63. The standard InChI is InChI=1S/C23H36N4O2.HI/c1-2-24-22(26-20-17-9-15-29-21(17)23(20)10-7-11-23)25-16-18(19-8-6-14-28-19)27-12-4-3-5-13-27;/h6,8,14,17-18,20-21H,2-5,7,9-13,15-16H2,1H3,(H2,24,25,26);1H. The largest absolute Gasteiger partial charge is 0.468 e. The molecule has 1 aromatic heterocycles. The van der Waals surface area contributed by atoms with Gasteiger partial charge in [0.15, 0.2) is 5.96 Å². The van der Waals surface area contributed by atoms with Crippen molar-refractivity contribution in [2.75, 3.05) is 32.8 Å². The molecule has 168 valence electrons. The molecule has 2 saturated carbocycles. The first-order valence-electron chi connectivity index (χ1n) is 11.8. The van der Waals surface area contributed by atoms with Crippen molar-refractivity contribution in [3.63, 3.8) is 0 Å². The van der Waals surface area contributed by atoms with E-state index in [2.05, 4.69) is 28.5 Å². The van der Waals surface area contributed by atoms with Gasteiger partial charge in [-0.25, -0.2) is 0 Å². The average molecular weight is 528 g/mol. The van der Waals surface area contributed by atoms with Crippen LogP contribution in [0.15, 0.2) is 27.8 Å². The number of hydrogen-bond acceptors (Lipinski definition) is 4. The number of nitrogens with zero attached hydrogens (tertiary/aromatic N) is 2. The van der Waals surface area contributed by atoms with Crippen molar-refractivity contribution in [3.8, 4) is 0 Å². The number of aliphatic imine (C=N–C) groups is 1. The fourth-order valence-corrected chi connectivity index (χ4v) is 6.20. The van der Waals surface area contributed by atoms with E-state index >= 15 is 0 Å². The second-order valence-electron chi connectivity index (χ2n) is 9.30. The number of rotatable bonds is 6. The third-order valence-corrected chi connectivity index (χ3v) is 7.80. The second kappa shape index (κ2) is 9.77. The summed E-state index contributed by atoms with van der Waals surface area (Å²) in [6.07, 6.45) is 11.3. The smallest absolute Gasteiger partial charge is 0.191 e. The Hall–Kier alpha value is -0.800. The second-order valence-corrected chi connectivity index (χ2v) is 9.30. The summed E-state index contributed by atoms with van der Waals surface area (Å²) in [4.78, 5) is 7.61. The summed E-state index contributed by atoms with van der Waals surface area (Å²) in [7, 11) is 0. The summed E-state index contributed by atoms with van der Waals surface area (Å²) < 4.78 is 11.9. The zero-order chi connectivity index (χ0) is 19.7. The molecule has 4 aliphatic rings. The quantitative estimate of drug-likeness (QED) is 0.333. The predicted molar refractivity (Wildman–Crippen MR) is 129 cm³/mol.